The second-order valence-corrected chi connectivity index (χ2v) is 2.29. The van der Waals surface area contributed by atoms with Crippen molar-refractivity contribution in [2.24, 2.45) is 0 Å². The van der Waals surface area contributed by atoms with Crippen molar-refractivity contribution in [2.45, 2.75) is 6.42 Å². The first-order valence-electron chi connectivity index (χ1n) is 2.63. The van der Waals surface area contributed by atoms with Gasteiger partial charge in [0.1, 0.15) is 0 Å². The molecule has 0 heterocycles. The molecule has 0 rings (SSSR count). The van der Waals surface area contributed by atoms with Gasteiger partial charge in [-0.05, 0) is 17.7 Å². The summed E-state index contributed by atoms with van der Waals surface area (Å²) in [7, 11) is 0. The average Bonchev–Trinajstić information content (AvgIpc) is 1.85. The van der Waals surface area contributed by atoms with Gasteiger partial charge in [0.2, 0.25) is 5.24 Å². The van der Waals surface area contributed by atoms with E-state index in [0.717, 1.165) is 12.2 Å². The van der Waals surface area contributed by atoms with Crippen LogP contribution in [-0.2, 0) is 9.59 Å². The molecule has 0 aromatic heterocycles. The SMILES string of the molecule is O=C(Cl)C=CC(=O)CCCl. The molecule has 10 heavy (non-hydrogen) atoms. The van der Waals surface area contributed by atoms with E-state index in [-0.39, 0.29) is 18.1 Å². The van der Waals surface area contributed by atoms with Gasteiger partial charge in [-0.15, -0.1) is 11.6 Å². The van der Waals surface area contributed by atoms with E-state index in [1.807, 2.05) is 0 Å². The highest BCUT2D eigenvalue weighted by atomic mass is 35.5. The molecule has 0 N–H and O–H groups in total. The Kier molecular flexibility index (Phi) is 5.26. The quantitative estimate of drug-likeness (QED) is 0.374. The Hall–Kier alpha value is -0.340. The smallest absolute Gasteiger partial charge is 0.245 e. The van der Waals surface area contributed by atoms with Crippen LogP contribution in [0.4, 0.5) is 0 Å². The molecule has 0 unspecified atom stereocenters. The molecule has 0 aliphatic rings. The third-order valence-electron chi connectivity index (χ3n) is 0.741. The van der Waals surface area contributed by atoms with Gasteiger partial charge < -0.3 is 0 Å². The fourth-order valence-corrected chi connectivity index (χ4v) is 0.584. The predicted octanol–water partition coefficient (Wildman–Crippen LogP) is 1.51. The molecule has 0 bridgehead atoms. The van der Waals surface area contributed by atoms with E-state index in [2.05, 4.69) is 0 Å². The van der Waals surface area contributed by atoms with Crippen LogP contribution in [0.2, 0.25) is 0 Å². The lowest BCUT2D eigenvalue weighted by Crippen LogP contribution is -1.93. The Labute approximate surface area is 68.8 Å². The number of halogens is 2. The number of rotatable bonds is 4. The zero-order chi connectivity index (χ0) is 7.98. The van der Waals surface area contributed by atoms with Crippen molar-refractivity contribution in [3.8, 4) is 0 Å². The Balaban J connectivity index is 3.67. The summed E-state index contributed by atoms with van der Waals surface area (Å²) in [6, 6.07) is 0. The van der Waals surface area contributed by atoms with E-state index >= 15 is 0 Å². The molecule has 0 saturated heterocycles. The number of hydrogen-bond donors (Lipinski definition) is 0. The molecular formula is C6H6Cl2O2. The van der Waals surface area contributed by atoms with Gasteiger partial charge in [0, 0.05) is 18.4 Å². The summed E-state index contributed by atoms with van der Waals surface area (Å²) >= 11 is 10.2. The second-order valence-electron chi connectivity index (χ2n) is 1.54. The van der Waals surface area contributed by atoms with Crippen LogP contribution in [0.25, 0.3) is 0 Å². The van der Waals surface area contributed by atoms with Crippen molar-refractivity contribution < 1.29 is 9.59 Å². The zero-order valence-corrected chi connectivity index (χ0v) is 6.65. The predicted molar refractivity (Wildman–Crippen MR) is 40.3 cm³/mol. The highest BCUT2D eigenvalue weighted by molar-refractivity contribution is 6.66. The molecule has 0 aromatic rings. The van der Waals surface area contributed by atoms with Crippen LogP contribution in [-0.4, -0.2) is 16.9 Å². The third-order valence-corrected chi connectivity index (χ3v) is 1.06. The average molecular weight is 181 g/mol. The van der Waals surface area contributed by atoms with Gasteiger partial charge in [-0.2, -0.15) is 0 Å². The summed E-state index contributed by atoms with van der Waals surface area (Å²) in [4.78, 5) is 20.6. The molecule has 0 aliphatic heterocycles. The summed E-state index contributed by atoms with van der Waals surface area (Å²) in [6.45, 7) is 0. The van der Waals surface area contributed by atoms with Crippen molar-refractivity contribution in [3.63, 3.8) is 0 Å². The third kappa shape index (κ3) is 5.79. The monoisotopic (exact) mass is 180 g/mol. The standard InChI is InChI=1S/C6H6Cl2O2/c7-4-3-5(9)1-2-6(8)10/h1-2H,3-4H2. The molecule has 0 radical (unpaired) electrons. The van der Waals surface area contributed by atoms with E-state index in [4.69, 9.17) is 23.2 Å². The lowest BCUT2D eigenvalue weighted by molar-refractivity contribution is -0.114. The van der Waals surface area contributed by atoms with Gasteiger partial charge in [0.15, 0.2) is 5.78 Å². The fourth-order valence-electron chi connectivity index (χ4n) is 0.335. The van der Waals surface area contributed by atoms with E-state index in [1.165, 1.54) is 0 Å². The summed E-state index contributed by atoms with van der Waals surface area (Å²) in [5.74, 6) is 0.0728. The normalized spacial score (nSPS) is 10.2. The van der Waals surface area contributed by atoms with Gasteiger partial charge in [-0.25, -0.2) is 0 Å². The largest absolute Gasteiger partial charge is 0.295 e. The van der Waals surface area contributed by atoms with E-state index in [0.29, 0.717) is 0 Å². The molecule has 4 heteroatoms. The van der Waals surface area contributed by atoms with Gasteiger partial charge >= 0.3 is 0 Å². The highest BCUT2D eigenvalue weighted by Crippen LogP contribution is 1.90. The summed E-state index contributed by atoms with van der Waals surface area (Å²) in [5.41, 5.74) is 0. The molecular weight excluding hydrogens is 175 g/mol. The first-order chi connectivity index (χ1) is 4.66. The van der Waals surface area contributed by atoms with Crippen LogP contribution in [0.15, 0.2) is 12.2 Å². The van der Waals surface area contributed by atoms with Crippen LogP contribution in [0.5, 0.6) is 0 Å². The van der Waals surface area contributed by atoms with Crippen molar-refractivity contribution in [1.29, 1.82) is 0 Å². The summed E-state index contributed by atoms with van der Waals surface area (Å²) in [5, 5.41) is -0.650. The van der Waals surface area contributed by atoms with E-state index in [9.17, 15) is 9.59 Å². The second kappa shape index (κ2) is 5.45. The molecule has 56 valence electrons. The number of hydrogen-bond acceptors (Lipinski definition) is 2. The summed E-state index contributed by atoms with van der Waals surface area (Å²) < 4.78 is 0. The minimum atomic E-state index is -0.650. The molecule has 0 amide bonds. The van der Waals surface area contributed by atoms with Crippen LogP contribution >= 0.6 is 23.2 Å². The molecule has 0 fully saturated rings. The van der Waals surface area contributed by atoms with Crippen molar-refractivity contribution in [1.82, 2.24) is 0 Å². The highest BCUT2D eigenvalue weighted by Gasteiger charge is 1.94. The topological polar surface area (TPSA) is 34.1 Å². The maximum absolute atomic E-state index is 10.6. The van der Waals surface area contributed by atoms with Crippen LogP contribution in [0.1, 0.15) is 6.42 Å². The molecule has 0 aromatic carbocycles. The minimum absolute atomic E-state index is 0.191. The molecule has 0 spiro atoms. The van der Waals surface area contributed by atoms with Gasteiger partial charge in [0.25, 0.3) is 0 Å². The van der Waals surface area contributed by atoms with Gasteiger partial charge in [0.05, 0.1) is 0 Å². The maximum Gasteiger partial charge on any atom is 0.245 e. The molecule has 2 nitrogen and oxygen atoms in total. The lowest BCUT2D eigenvalue weighted by Gasteiger charge is -1.84. The number of carbonyl (C=O) groups excluding carboxylic acids is 2. The van der Waals surface area contributed by atoms with Gasteiger partial charge in [-0.1, -0.05) is 0 Å². The van der Waals surface area contributed by atoms with E-state index in [1.54, 1.807) is 0 Å². The minimum Gasteiger partial charge on any atom is -0.295 e. The van der Waals surface area contributed by atoms with Crippen molar-refractivity contribution in [2.75, 3.05) is 5.88 Å². The van der Waals surface area contributed by atoms with Crippen molar-refractivity contribution >= 4 is 34.2 Å². The Morgan fingerprint density at radius 1 is 1.30 bits per heavy atom. The number of alkyl halides is 1. The Morgan fingerprint density at radius 2 is 1.90 bits per heavy atom. The molecule has 0 aliphatic carbocycles. The van der Waals surface area contributed by atoms with Crippen molar-refractivity contribution in [3.05, 3.63) is 12.2 Å². The van der Waals surface area contributed by atoms with Crippen LogP contribution in [0.3, 0.4) is 0 Å². The molecule has 0 atom stereocenters. The number of ketones is 1. The Morgan fingerprint density at radius 3 is 2.30 bits per heavy atom. The van der Waals surface area contributed by atoms with Crippen LogP contribution in [0, 0.1) is 0 Å². The number of carbonyl (C=O) groups is 2. The van der Waals surface area contributed by atoms with E-state index < -0.39 is 5.24 Å². The number of allylic oxidation sites excluding steroid dienone is 2. The lowest BCUT2D eigenvalue weighted by atomic mass is 10.3. The molecule has 0 saturated carbocycles. The maximum atomic E-state index is 10.6. The zero-order valence-electron chi connectivity index (χ0n) is 5.14. The van der Waals surface area contributed by atoms with Gasteiger partial charge in [-0.3, -0.25) is 9.59 Å². The summed E-state index contributed by atoms with van der Waals surface area (Å²) in [6.07, 6.45) is 2.37. The Bertz CT molecular complexity index is 163. The van der Waals surface area contributed by atoms with Crippen LogP contribution < -0.4 is 0 Å². The first kappa shape index (κ1) is 9.66. The first-order valence-corrected chi connectivity index (χ1v) is 3.54. The fraction of sp³-hybridized carbons (Fsp3) is 0.333.